The van der Waals surface area contributed by atoms with Crippen molar-refractivity contribution < 1.29 is 0 Å². The highest BCUT2D eigenvalue weighted by Gasteiger charge is 2.16. The van der Waals surface area contributed by atoms with Gasteiger partial charge in [0.05, 0.1) is 5.69 Å². The highest BCUT2D eigenvalue weighted by atomic mass is 35.5. The van der Waals surface area contributed by atoms with Crippen molar-refractivity contribution in [1.82, 2.24) is 4.98 Å². The lowest BCUT2D eigenvalue weighted by atomic mass is 10.1. The molecule has 2 aromatic rings. The van der Waals surface area contributed by atoms with Crippen molar-refractivity contribution in [2.75, 3.05) is 0 Å². The van der Waals surface area contributed by atoms with Crippen LogP contribution in [-0.4, -0.2) is 4.98 Å². The average molecular weight is 267 g/mol. The lowest BCUT2D eigenvalue weighted by Gasteiger charge is -2.06. The van der Waals surface area contributed by atoms with Crippen molar-refractivity contribution in [2.45, 2.75) is 26.3 Å². The Kier molecular flexibility index (Phi) is 3.82. The second-order valence-electron chi connectivity index (χ2n) is 4.16. The average Bonchev–Trinajstić information content (AvgIpc) is 2.73. The second kappa shape index (κ2) is 5.17. The summed E-state index contributed by atoms with van der Waals surface area (Å²) in [7, 11) is 0. The molecule has 0 bridgehead atoms. The first kappa shape index (κ1) is 12.6. The fraction of sp³-hybridized carbons (Fsp3) is 0.308. The number of hydrogen-bond donors (Lipinski definition) is 1. The topological polar surface area (TPSA) is 38.9 Å². The van der Waals surface area contributed by atoms with Gasteiger partial charge in [-0.05, 0) is 12.0 Å². The Hall–Kier alpha value is -0.900. The first-order valence-corrected chi connectivity index (χ1v) is 6.77. The predicted molar refractivity (Wildman–Crippen MR) is 74.5 cm³/mol. The van der Waals surface area contributed by atoms with E-state index in [1.54, 1.807) is 11.3 Å². The molecule has 0 aliphatic heterocycles. The number of halogens is 1. The third-order valence-corrected chi connectivity index (χ3v) is 4.23. The molecular weight excluding hydrogens is 252 g/mol. The van der Waals surface area contributed by atoms with Gasteiger partial charge < -0.3 is 5.73 Å². The molecule has 0 aliphatic carbocycles. The van der Waals surface area contributed by atoms with Crippen LogP contribution in [-0.2, 0) is 6.54 Å². The molecule has 17 heavy (non-hydrogen) atoms. The van der Waals surface area contributed by atoms with E-state index in [9.17, 15) is 0 Å². The summed E-state index contributed by atoms with van der Waals surface area (Å²) < 4.78 is 0. The Labute approximate surface area is 110 Å². The number of nitrogens with zero attached hydrogens (tertiary/aromatic N) is 1. The van der Waals surface area contributed by atoms with E-state index in [2.05, 4.69) is 18.8 Å². The number of aromatic nitrogens is 1. The third-order valence-electron chi connectivity index (χ3n) is 2.53. The molecule has 0 unspecified atom stereocenters. The van der Waals surface area contributed by atoms with Gasteiger partial charge in [0.2, 0.25) is 0 Å². The minimum atomic E-state index is 0.430. The van der Waals surface area contributed by atoms with E-state index >= 15 is 0 Å². The molecule has 1 aromatic heterocycles. The lowest BCUT2D eigenvalue weighted by molar-refractivity contribution is 0.887. The van der Waals surface area contributed by atoms with Crippen LogP contribution in [0, 0.1) is 0 Å². The third kappa shape index (κ3) is 2.51. The molecule has 0 aliphatic rings. The van der Waals surface area contributed by atoms with E-state index in [1.807, 2.05) is 24.3 Å². The molecular formula is C13H15ClN2S. The van der Waals surface area contributed by atoms with Gasteiger partial charge in [0.25, 0.3) is 0 Å². The van der Waals surface area contributed by atoms with E-state index in [0.29, 0.717) is 12.5 Å². The Morgan fingerprint density at radius 2 is 2.06 bits per heavy atom. The minimum absolute atomic E-state index is 0.430. The van der Waals surface area contributed by atoms with E-state index in [4.69, 9.17) is 17.3 Å². The molecule has 2 N–H and O–H groups in total. The molecule has 0 saturated heterocycles. The molecule has 1 aromatic carbocycles. The maximum atomic E-state index is 6.22. The number of benzene rings is 1. The molecule has 0 fully saturated rings. The summed E-state index contributed by atoms with van der Waals surface area (Å²) in [5.41, 5.74) is 7.64. The maximum Gasteiger partial charge on any atom is 0.107 e. The zero-order chi connectivity index (χ0) is 12.4. The van der Waals surface area contributed by atoms with Crippen LogP contribution in [0.3, 0.4) is 0 Å². The molecule has 2 rings (SSSR count). The summed E-state index contributed by atoms with van der Waals surface area (Å²) in [6.07, 6.45) is 0. The van der Waals surface area contributed by atoms with Crippen molar-refractivity contribution in [2.24, 2.45) is 5.73 Å². The van der Waals surface area contributed by atoms with Crippen LogP contribution in [0.4, 0.5) is 0 Å². The van der Waals surface area contributed by atoms with E-state index < -0.39 is 0 Å². The van der Waals surface area contributed by atoms with Crippen molar-refractivity contribution in [3.05, 3.63) is 39.2 Å². The summed E-state index contributed by atoms with van der Waals surface area (Å²) in [6, 6.07) is 7.80. The number of rotatable bonds is 3. The van der Waals surface area contributed by atoms with Crippen molar-refractivity contribution >= 4 is 22.9 Å². The molecule has 90 valence electrons. The van der Waals surface area contributed by atoms with Gasteiger partial charge in [0.15, 0.2) is 0 Å². The largest absolute Gasteiger partial charge is 0.325 e. The Bertz CT molecular complexity index is 520. The van der Waals surface area contributed by atoms with Gasteiger partial charge in [-0.2, -0.15) is 0 Å². The van der Waals surface area contributed by atoms with Crippen LogP contribution in [0.15, 0.2) is 24.3 Å². The molecule has 2 nitrogen and oxygen atoms in total. The molecule has 4 heteroatoms. The van der Waals surface area contributed by atoms with Crippen LogP contribution in [0.25, 0.3) is 11.3 Å². The van der Waals surface area contributed by atoms with Crippen LogP contribution in [0.5, 0.6) is 0 Å². The summed E-state index contributed by atoms with van der Waals surface area (Å²) >= 11 is 7.90. The number of thiazole rings is 1. The Balaban J connectivity index is 2.58. The summed E-state index contributed by atoms with van der Waals surface area (Å²) in [5, 5.41) is 1.70. The van der Waals surface area contributed by atoms with Crippen molar-refractivity contribution in [1.29, 1.82) is 0 Å². The Morgan fingerprint density at radius 1 is 1.35 bits per heavy atom. The normalized spacial score (nSPS) is 11.1. The molecule has 0 saturated carbocycles. The fourth-order valence-electron chi connectivity index (χ4n) is 1.70. The summed E-state index contributed by atoms with van der Waals surface area (Å²) in [6.45, 7) is 4.80. The SMILES string of the molecule is CC(C)c1sc(CN)nc1-c1ccccc1Cl. The predicted octanol–water partition coefficient (Wildman–Crippen LogP) is 4.05. The van der Waals surface area contributed by atoms with Crippen LogP contribution >= 0.6 is 22.9 Å². The van der Waals surface area contributed by atoms with Gasteiger partial charge in [-0.25, -0.2) is 4.98 Å². The Morgan fingerprint density at radius 3 is 2.65 bits per heavy atom. The van der Waals surface area contributed by atoms with Gasteiger partial charge >= 0.3 is 0 Å². The fourth-order valence-corrected chi connectivity index (χ4v) is 2.89. The van der Waals surface area contributed by atoms with Gasteiger partial charge in [-0.1, -0.05) is 43.6 Å². The zero-order valence-electron chi connectivity index (χ0n) is 9.90. The summed E-state index contributed by atoms with van der Waals surface area (Å²) in [4.78, 5) is 5.84. The molecule has 0 atom stereocenters. The quantitative estimate of drug-likeness (QED) is 0.910. The highest BCUT2D eigenvalue weighted by molar-refractivity contribution is 7.12. The highest BCUT2D eigenvalue weighted by Crippen LogP contribution is 2.36. The zero-order valence-corrected chi connectivity index (χ0v) is 11.5. The molecule has 0 spiro atoms. The minimum Gasteiger partial charge on any atom is -0.325 e. The van der Waals surface area contributed by atoms with Gasteiger partial charge in [-0.3, -0.25) is 0 Å². The maximum absolute atomic E-state index is 6.22. The first-order chi connectivity index (χ1) is 8.13. The van der Waals surface area contributed by atoms with Gasteiger partial charge in [0, 0.05) is 22.0 Å². The molecule has 0 amide bonds. The van der Waals surface area contributed by atoms with Crippen LogP contribution in [0.2, 0.25) is 5.02 Å². The molecule has 0 radical (unpaired) electrons. The van der Waals surface area contributed by atoms with E-state index in [0.717, 1.165) is 21.3 Å². The van der Waals surface area contributed by atoms with Crippen molar-refractivity contribution in [3.8, 4) is 11.3 Å². The molecule has 1 heterocycles. The van der Waals surface area contributed by atoms with Crippen molar-refractivity contribution in [3.63, 3.8) is 0 Å². The first-order valence-electron chi connectivity index (χ1n) is 5.58. The van der Waals surface area contributed by atoms with E-state index in [1.165, 1.54) is 4.88 Å². The van der Waals surface area contributed by atoms with Gasteiger partial charge in [0.1, 0.15) is 5.01 Å². The number of hydrogen-bond acceptors (Lipinski definition) is 3. The standard InChI is InChI=1S/C13H15ClN2S/c1-8(2)13-12(16-11(7-15)17-13)9-5-3-4-6-10(9)14/h3-6,8H,7,15H2,1-2H3. The number of nitrogens with two attached hydrogens (primary N) is 1. The monoisotopic (exact) mass is 266 g/mol. The van der Waals surface area contributed by atoms with Gasteiger partial charge in [-0.15, -0.1) is 11.3 Å². The van der Waals surface area contributed by atoms with Crippen LogP contribution < -0.4 is 5.73 Å². The lowest BCUT2D eigenvalue weighted by Crippen LogP contribution is -1.94. The second-order valence-corrected chi connectivity index (χ2v) is 5.68. The smallest absolute Gasteiger partial charge is 0.107 e. The van der Waals surface area contributed by atoms with Crippen LogP contribution in [0.1, 0.15) is 29.7 Å². The van der Waals surface area contributed by atoms with E-state index in [-0.39, 0.29) is 0 Å². The summed E-state index contributed by atoms with van der Waals surface area (Å²) in [5.74, 6) is 0.430.